The molecule has 0 aliphatic carbocycles. The molecule has 1 aromatic carbocycles. The summed E-state index contributed by atoms with van der Waals surface area (Å²) >= 11 is 0. The summed E-state index contributed by atoms with van der Waals surface area (Å²) in [7, 11) is 0. The number of rotatable bonds is 4. The Labute approximate surface area is 129 Å². The monoisotopic (exact) mass is 322 g/mol. The smallest absolute Gasteiger partial charge is 0.335 e. The number of hydrogen-bond acceptors (Lipinski definition) is 5. The van der Waals surface area contributed by atoms with Gasteiger partial charge < -0.3 is 26.0 Å². The largest absolute Gasteiger partial charge is 0.480 e. The molecular formula is C14H14N2O7. The van der Waals surface area contributed by atoms with Gasteiger partial charge in [0.15, 0.2) is 0 Å². The van der Waals surface area contributed by atoms with Gasteiger partial charge in [0.2, 0.25) is 0 Å². The number of amides is 1. The number of carbonyl (C=O) groups is 4. The van der Waals surface area contributed by atoms with E-state index in [2.05, 4.69) is 0 Å². The summed E-state index contributed by atoms with van der Waals surface area (Å²) in [6.45, 7) is -0.477. The van der Waals surface area contributed by atoms with Gasteiger partial charge in [0.25, 0.3) is 5.91 Å². The Bertz CT molecular complexity index is 702. The number of carbonyl (C=O) groups excluding carboxylic acids is 1. The SMILES string of the molecule is N[C@]1(C(=O)O)C[C@@H](C(=O)O)N(C(=O)c2cccc(C(=O)O)c2)C1. The minimum absolute atomic E-state index is 0.0502. The number of aliphatic carboxylic acids is 2. The lowest BCUT2D eigenvalue weighted by atomic mass is 9.98. The molecule has 1 fully saturated rings. The lowest BCUT2D eigenvalue weighted by Crippen LogP contribution is -2.50. The Morgan fingerprint density at radius 2 is 1.74 bits per heavy atom. The number of carboxylic acid groups (broad SMARTS) is 3. The number of carboxylic acids is 3. The van der Waals surface area contributed by atoms with Gasteiger partial charge in [0.05, 0.1) is 12.1 Å². The fourth-order valence-electron chi connectivity index (χ4n) is 2.47. The van der Waals surface area contributed by atoms with Gasteiger partial charge >= 0.3 is 17.9 Å². The maximum atomic E-state index is 12.5. The maximum absolute atomic E-state index is 12.5. The first kappa shape index (κ1) is 16.4. The normalized spacial score (nSPS) is 23.5. The van der Waals surface area contributed by atoms with Gasteiger partial charge in [-0.25, -0.2) is 9.59 Å². The zero-order chi connectivity index (χ0) is 17.4. The van der Waals surface area contributed by atoms with E-state index in [9.17, 15) is 24.3 Å². The van der Waals surface area contributed by atoms with Crippen LogP contribution < -0.4 is 5.73 Å². The first-order valence-corrected chi connectivity index (χ1v) is 6.55. The van der Waals surface area contributed by atoms with Crippen molar-refractivity contribution in [3.05, 3.63) is 35.4 Å². The van der Waals surface area contributed by atoms with E-state index in [0.717, 1.165) is 11.0 Å². The van der Waals surface area contributed by atoms with Gasteiger partial charge in [0.1, 0.15) is 11.6 Å². The molecule has 1 aliphatic rings. The predicted molar refractivity (Wildman–Crippen MR) is 75.0 cm³/mol. The van der Waals surface area contributed by atoms with Crippen molar-refractivity contribution < 1.29 is 34.5 Å². The molecule has 1 heterocycles. The summed E-state index contributed by atoms with van der Waals surface area (Å²) < 4.78 is 0. The molecule has 0 unspecified atom stereocenters. The topological polar surface area (TPSA) is 158 Å². The van der Waals surface area contributed by atoms with Crippen LogP contribution in [0.5, 0.6) is 0 Å². The third kappa shape index (κ3) is 2.99. The molecule has 0 spiro atoms. The highest BCUT2D eigenvalue weighted by Gasteiger charge is 2.51. The summed E-state index contributed by atoms with van der Waals surface area (Å²) in [5.74, 6) is -4.80. The van der Waals surface area contributed by atoms with E-state index in [4.69, 9.17) is 15.9 Å². The molecule has 9 heteroatoms. The molecule has 1 saturated heterocycles. The number of benzene rings is 1. The minimum Gasteiger partial charge on any atom is -0.480 e. The molecule has 1 aromatic rings. The van der Waals surface area contributed by atoms with E-state index < -0.39 is 48.4 Å². The molecule has 0 radical (unpaired) electrons. The van der Waals surface area contributed by atoms with Crippen molar-refractivity contribution in [2.24, 2.45) is 5.73 Å². The zero-order valence-electron chi connectivity index (χ0n) is 11.8. The Hall–Kier alpha value is -2.94. The van der Waals surface area contributed by atoms with Gasteiger partial charge in [-0.1, -0.05) is 6.07 Å². The fourth-order valence-corrected chi connectivity index (χ4v) is 2.47. The third-order valence-corrected chi connectivity index (χ3v) is 3.71. The Morgan fingerprint density at radius 1 is 1.13 bits per heavy atom. The Balaban J connectivity index is 2.37. The van der Waals surface area contributed by atoms with Crippen molar-refractivity contribution in [2.75, 3.05) is 6.54 Å². The minimum atomic E-state index is -1.86. The molecular weight excluding hydrogens is 308 g/mol. The molecule has 0 saturated carbocycles. The highest BCUT2D eigenvalue weighted by atomic mass is 16.4. The van der Waals surface area contributed by atoms with Gasteiger partial charge in [0, 0.05) is 12.0 Å². The zero-order valence-corrected chi connectivity index (χ0v) is 11.8. The van der Waals surface area contributed by atoms with Gasteiger partial charge in [-0.05, 0) is 18.2 Å². The first-order valence-electron chi connectivity index (χ1n) is 6.55. The molecule has 9 nitrogen and oxygen atoms in total. The summed E-state index contributed by atoms with van der Waals surface area (Å²) in [6.07, 6.45) is -0.429. The lowest BCUT2D eigenvalue weighted by Gasteiger charge is -2.22. The Kier molecular flexibility index (Phi) is 4.06. The predicted octanol–water partition coefficient (Wildman–Crippen LogP) is -0.534. The van der Waals surface area contributed by atoms with Crippen molar-refractivity contribution in [3.8, 4) is 0 Å². The molecule has 1 amide bonds. The summed E-state index contributed by atoms with van der Waals surface area (Å²) in [5, 5.41) is 27.3. The van der Waals surface area contributed by atoms with Gasteiger partial charge in [-0.2, -0.15) is 0 Å². The van der Waals surface area contributed by atoms with Crippen molar-refractivity contribution in [1.82, 2.24) is 4.90 Å². The Morgan fingerprint density at radius 3 is 2.26 bits per heavy atom. The second kappa shape index (κ2) is 5.69. The highest BCUT2D eigenvalue weighted by molar-refractivity contribution is 6.00. The number of likely N-dealkylation sites (tertiary alicyclic amines) is 1. The quantitative estimate of drug-likeness (QED) is 0.575. The van der Waals surface area contributed by atoms with E-state index in [-0.39, 0.29) is 11.1 Å². The first-order chi connectivity index (χ1) is 10.7. The lowest BCUT2D eigenvalue weighted by molar-refractivity contribution is -0.143. The number of nitrogens with zero attached hydrogens (tertiary/aromatic N) is 1. The van der Waals surface area contributed by atoms with Crippen molar-refractivity contribution in [2.45, 2.75) is 18.0 Å². The molecule has 2 rings (SSSR count). The number of nitrogens with two attached hydrogens (primary N) is 1. The second-order valence-electron chi connectivity index (χ2n) is 5.34. The average Bonchev–Trinajstić information content (AvgIpc) is 2.86. The van der Waals surface area contributed by atoms with Crippen LogP contribution in [-0.4, -0.2) is 62.2 Å². The van der Waals surface area contributed by atoms with Crippen LogP contribution in [0.4, 0.5) is 0 Å². The van der Waals surface area contributed by atoms with E-state index in [1.54, 1.807) is 0 Å². The van der Waals surface area contributed by atoms with Crippen LogP contribution in [0.1, 0.15) is 27.1 Å². The molecule has 0 bridgehead atoms. The van der Waals surface area contributed by atoms with E-state index in [0.29, 0.717) is 0 Å². The van der Waals surface area contributed by atoms with Crippen molar-refractivity contribution in [1.29, 1.82) is 0 Å². The highest BCUT2D eigenvalue weighted by Crippen LogP contribution is 2.27. The summed E-state index contributed by atoms with van der Waals surface area (Å²) in [5.41, 5.74) is 3.62. The number of aromatic carboxylic acids is 1. The molecule has 0 aromatic heterocycles. The van der Waals surface area contributed by atoms with Crippen molar-refractivity contribution in [3.63, 3.8) is 0 Å². The average molecular weight is 322 g/mol. The third-order valence-electron chi connectivity index (χ3n) is 3.71. The van der Waals surface area contributed by atoms with Crippen LogP contribution >= 0.6 is 0 Å². The van der Waals surface area contributed by atoms with Gasteiger partial charge in [-0.15, -0.1) is 0 Å². The number of hydrogen-bond donors (Lipinski definition) is 4. The molecule has 5 N–H and O–H groups in total. The van der Waals surface area contributed by atoms with Crippen LogP contribution in [0.15, 0.2) is 24.3 Å². The van der Waals surface area contributed by atoms with Crippen molar-refractivity contribution >= 4 is 23.8 Å². The maximum Gasteiger partial charge on any atom is 0.335 e. The van der Waals surface area contributed by atoms with Crippen LogP contribution in [-0.2, 0) is 9.59 Å². The molecule has 2 atom stereocenters. The molecule has 1 aliphatic heterocycles. The van der Waals surface area contributed by atoms with Crippen LogP contribution in [0.25, 0.3) is 0 Å². The van der Waals surface area contributed by atoms with Crippen LogP contribution in [0.2, 0.25) is 0 Å². The van der Waals surface area contributed by atoms with E-state index >= 15 is 0 Å². The summed E-state index contributed by atoms with van der Waals surface area (Å²) in [6, 6.07) is 3.65. The van der Waals surface area contributed by atoms with Crippen LogP contribution in [0, 0.1) is 0 Å². The fraction of sp³-hybridized carbons (Fsp3) is 0.286. The second-order valence-corrected chi connectivity index (χ2v) is 5.34. The van der Waals surface area contributed by atoms with Crippen LogP contribution in [0.3, 0.4) is 0 Å². The van der Waals surface area contributed by atoms with Gasteiger partial charge in [-0.3, -0.25) is 9.59 Å². The summed E-state index contributed by atoms with van der Waals surface area (Å²) in [4.78, 5) is 46.8. The molecule has 122 valence electrons. The van der Waals surface area contributed by atoms with E-state index in [1.165, 1.54) is 18.2 Å². The van der Waals surface area contributed by atoms with E-state index in [1.807, 2.05) is 0 Å². The standard InChI is InChI=1S/C14H14N2O7/c15-14(13(22)23)5-9(12(20)21)16(6-14)10(17)7-2-1-3-8(4-7)11(18)19/h1-4,9H,5-6,15H2,(H,18,19)(H,20,21)(H,22,23)/t9-,14+/m0/s1. The molecule has 23 heavy (non-hydrogen) atoms.